The fourth-order valence-corrected chi connectivity index (χ4v) is 1.28. The van der Waals surface area contributed by atoms with Gasteiger partial charge >= 0.3 is 98.1 Å². The molecule has 0 N–H and O–H groups in total. The van der Waals surface area contributed by atoms with Crippen LogP contribution in [0.2, 0.25) is 0 Å². The molecule has 0 aromatic heterocycles. The van der Waals surface area contributed by atoms with Gasteiger partial charge in [-0.3, -0.25) is 37.5 Å². The molecule has 0 bridgehead atoms. The Hall–Kier alpha value is 6.49. The van der Waals surface area contributed by atoms with E-state index in [1.54, 1.807) is 66.8 Å². The first-order valence-corrected chi connectivity index (χ1v) is 10.4. The van der Waals surface area contributed by atoms with Gasteiger partial charge in [-0.1, -0.05) is 0 Å². The molecule has 0 aliphatic heterocycles. The van der Waals surface area contributed by atoms with Crippen molar-refractivity contribution in [3.05, 3.63) is 224 Å². The molecule has 0 heterocycles. The van der Waals surface area contributed by atoms with Gasteiger partial charge in [-0.25, -0.2) is 63.3 Å². The van der Waals surface area contributed by atoms with Crippen molar-refractivity contribution in [1.82, 2.24) is 0 Å². The van der Waals surface area contributed by atoms with Crippen molar-refractivity contribution in [1.29, 1.82) is 0 Å². The Labute approximate surface area is 537 Å². The van der Waals surface area contributed by atoms with Crippen LogP contribution in [0.15, 0.2) is 140 Å². The minimum absolute atomic E-state index is 0. The molecule has 0 fully saturated rings. The zero-order chi connectivity index (χ0) is 26.5. The summed E-state index contributed by atoms with van der Waals surface area (Å²) in [5, 5.41) is 0. The zero-order valence-corrected chi connectivity index (χ0v) is 55.3. The summed E-state index contributed by atoms with van der Waals surface area (Å²) in [5.41, 5.74) is 0. The fraction of sp³-hybridized carbons (Fsp3) is 0. The van der Waals surface area contributed by atoms with E-state index in [0.717, 1.165) is 0 Å². The maximum atomic E-state index is 5.08. The Balaban J connectivity index is -0.0000000237. The summed E-state index contributed by atoms with van der Waals surface area (Å²) >= 11 is 0. The van der Waals surface area contributed by atoms with Gasteiger partial charge in [-0.15, -0.1) is 0 Å². The zero-order valence-electron chi connectivity index (χ0n) is 26.9. The quantitative estimate of drug-likeness (QED) is 0.177. The molecule has 7 radical (unpaired) electrons. The van der Waals surface area contributed by atoms with Crippen molar-refractivity contribution >= 4 is 0 Å². The topological polar surface area (TPSA) is 0 Å². The Bertz CT molecular complexity index is 794. The van der Waals surface area contributed by atoms with Crippen molar-refractivity contribution in [3.63, 3.8) is 0 Å². The first-order valence-electron chi connectivity index (χ1n) is 10.4. The van der Waals surface area contributed by atoms with Crippen LogP contribution in [0.1, 0.15) is 0 Å². The van der Waals surface area contributed by atoms with Gasteiger partial charge in [-0.05, 0) is 0 Å². The average Bonchev–Trinajstić information content (AvgIpc) is 2.86. The van der Waals surface area contributed by atoms with Crippen molar-refractivity contribution < 1.29 is 327 Å². The predicted octanol–water partition coefficient (Wildman–Crippen LogP) is 8.90. The molecule has 0 atom stereocenters. The first kappa shape index (κ1) is 93.9. The molecule has 0 aromatic rings. The summed E-state index contributed by atoms with van der Waals surface area (Å²) in [7, 11) is 0. The molecule has 1 aliphatic carbocycles. The Morgan fingerprint density at radius 3 is 1.13 bits per heavy atom. The molecule has 0 unspecified atom stereocenters. The molecule has 213 valence electrons. The third-order valence-electron chi connectivity index (χ3n) is 2.63. The maximum Gasteiger partial charge on any atom is 3.00 e. The van der Waals surface area contributed by atoms with Crippen LogP contribution in [0.5, 0.6) is 0 Å². The van der Waals surface area contributed by atoms with E-state index >= 15 is 0 Å². The first-order chi connectivity index (χ1) is 17.2. The van der Waals surface area contributed by atoms with E-state index in [1.807, 2.05) is 54.7 Å². The van der Waals surface area contributed by atoms with Crippen LogP contribution in [-0.4, -0.2) is 0 Å². The van der Waals surface area contributed by atoms with Gasteiger partial charge in [0.1, 0.15) is 0 Å². The van der Waals surface area contributed by atoms with Crippen LogP contribution in [0.4, 0.5) is 0 Å². The second-order valence-corrected chi connectivity index (χ2v) is 5.25. The summed E-state index contributed by atoms with van der Waals surface area (Å²) in [6, 6.07) is 0. The van der Waals surface area contributed by atoms with Gasteiger partial charge in [0.05, 0.1) is 0 Å². The molecule has 0 saturated carbocycles. The predicted molar refractivity (Wildman–Crippen MR) is 160 cm³/mol. The minimum Gasteiger partial charge on any atom is -0.550 e. The summed E-state index contributed by atoms with van der Waals surface area (Å²) in [5.74, 6) is 0. The molecule has 0 amide bonds. The van der Waals surface area contributed by atoms with Crippen LogP contribution in [0.3, 0.4) is 0 Å². The van der Waals surface area contributed by atoms with Crippen LogP contribution >= 0.6 is 0 Å². The number of hydrogen-bond acceptors (Lipinski definition) is 0. The second kappa shape index (κ2) is 104. The standard InChI is InChI=1S/C12H9.C11H10.C7H7.C5H6.CH3.10Y/c1-2-4-6-8-10-12-11-9-7-5-3-1;1-3-5-7-9-11-10-8-6-4-2;1-3-5-7-6-4-2;1-3-5-4-2;;;;;;;;;;;/h1-3,6-11H;1,3-8,11H,2H2;1,3-4,6-7H,2H2;1,3-5H,2H2;1H3;;;;;;;;;;/q-3;-4;-3;-2;-1;;;;;;;;3*+3. The molecule has 0 aromatic carbocycles. The fourth-order valence-electron chi connectivity index (χ4n) is 1.28. The number of allylic oxidation sites excluding steroid dienone is 29. The molecule has 0 spiro atoms. The molecule has 0 saturated heterocycles. The van der Waals surface area contributed by atoms with Crippen LogP contribution < -0.4 is 0 Å². The summed E-state index contributed by atoms with van der Waals surface area (Å²) < 4.78 is 0. The maximum absolute atomic E-state index is 5.08. The molecular formula is C36H35Y10-4. The third-order valence-corrected chi connectivity index (χ3v) is 2.63. The van der Waals surface area contributed by atoms with Crippen LogP contribution in [0.25, 0.3) is 0 Å². The van der Waals surface area contributed by atoms with Gasteiger partial charge in [0.25, 0.3) is 0 Å². The van der Waals surface area contributed by atoms with E-state index in [1.165, 1.54) is 18.2 Å². The molecule has 10 heteroatoms. The average molecular weight is 1360 g/mol. The van der Waals surface area contributed by atoms with E-state index < -0.39 is 0 Å². The van der Waals surface area contributed by atoms with Crippen LogP contribution in [0, 0.1) is 84.4 Å². The molecular weight excluding hydrogens is 1320 g/mol. The van der Waals surface area contributed by atoms with Gasteiger partial charge < -0.3 is 50.5 Å². The number of hydrogen-bond donors (Lipinski definition) is 0. The van der Waals surface area contributed by atoms with E-state index in [0.29, 0.717) is 0 Å². The Morgan fingerprint density at radius 1 is 0.500 bits per heavy atom. The number of rotatable bonds is 7. The third kappa shape index (κ3) is 117. The van der Waals surface area contributed by atoms with Crippen molar-refractivity contribution in [3.8, 4) is 0 Å². The van der Waals surface area contributed by atoms with E-state index in [9.17, 15) is 0 Å². The van der Waals surface area contributed by atoms with Gasteiger partial charge in [0.15, 0.2) is 0 Å². The second-order valence-electron chi connectivity index (χ2n) is 5.25. The van der Waals surface area contributed by atoms with E-state index in [4.69, 9.17) is 19.7 Å². The Morgan fingerprint density at radius 2 is 0.848 bits per heavy atom. The minimum atomic E-state index is 0. The van der Waals surface area contributed by atoms with Gasteiger partial charge in [0.2, 0.25) is 0 Å². The smallest absolute Gasteiger partial charge is 0.550 e. The molecule has 1 aliphatic rings. The van der Waals surface area contributed by atoms with E-state index in [2.05, 4.69) is 57.2 Å². The van der Waals surface area contributed by atoms with E-state index in [-0.39, 0.29) is 335 Å². The van der Waals surface area contributed by atoms with Crippen LogP contribution in [-0.2, 0) is 327 Å². The van der Waals surface area contributed by atoms with Gasteiger partial charge in [-0.2, -0.15) is 72.9 Å². The molecule has 46 heavy (non-hydrogen) atoms. The normalized spacial score (nSPS) is 9.83. The molecule has 0 nitrogen and oxygen atoms in total. The van der Waals surface area contributed by atoms with Gasteiger partial charge in [0, 0.05) is 229 Å². The summed E-state index contributed by atoms with van der Waals surface area (Å²) in [6.45, 7) is 25.3. The Kier molecular flexibility index (Phi) is 213. The summed E-state index contributed by atoms with van der Waals surface area (Å²) in [6.07, 6.45) is 56.7. The monoisotopic (exact) mass is 1360 g/mol. The summed E-state index contributed by atoms with van der Waals surface area (Å²) in [4.78, 5) is 0. The van der Waals surface area contributed by atoms with Crippen molar-refractivity contribution in [2.75, 3.05) is 0 Å². The largest absolute Gasteiger partial charge is 3.00 e. The van der Waals surface area contributed by atoms with Crippen molar-refractivity contribution in [2.45, 2.75) is 0 Å². The van der Waals surface area contributed by atoms with Crippen molar-refractivity contribution in [2.24, 2.45) is 0 Å². The molecule has 1 rings (SSSR count). The SMILES string of the molecule is [C-]1=CC=C[C-]=CC=C[C-]=CC=C1.[CH-]=CC=C[C-]=C[C-]=CC=C[CH2-].[CH-]=CC=C[CH2-].[CH-]=C[C-]=CC=C[CH2-].[CH3-].[Y+3].[Y+3].[Y+3].[Y].[Y].[Y].[Y].[Y].[Y].[Y].